The summed E-state index contributed by atoms with van der Waals surface area (Å²) < 4.78 is 5.36. The molecular formula is C24H36N4O4. The van der Waals surface area contributed by atoms with Gasteiger partial charge in [0.1, 0.15) is 17.8 Å². The second-order valence-corrected chi connectivity index (χ2v) is 8.90. The fraction of sp³-hybridized carbons (Fsp3) is 0.625. The van der Waals surface area contributed by atoms with E-state index in [0.29, 0.717) is 25.3 Å². The number of carbonyl (C=O) groups is 3. The fourth-order valence-corrected chi connectivity index (χ4v) is 4.79. The second-order valence-electron chi connectivity index (χ2n) is 8.90. The number of benzene rings is 1. The molecule has 4 amide bonds. The van der Waals surface area contributed by atoms with Crippen LogP contribution in [0.3, 0.4) is 0 Å². The molecule has 8 nitrogen and oxygen atoms in total. The first-order valence-electron chi connectivity index (χ1n) is 11.6. The Morgan fingerprint density at radius 2 is 1.97 bits per heavy atom. The number of carbonyl (C=O) groups excluding carboxylic acids is 3. The SMILES string of the molecule is CCN(CC)C(CNC(=O)CN1C(=O)NC2(CCC(C)CC2)C1=O)c1cccc(OC)c1. The largest absolute Gasteiger partial charge is 0.497 e. The molecule has 2 aliphatic rings. The predicted octanol–water partition coefficient (Wildman–Crippen LogP) is 2.70. The van der Waals surface area contributed by atoms with Gasteiger partial charge in [-0.25, -0.2) is 4.79 Å². The predicted molar refractivity (Wildman–Crippen MR) is 122 cm³/mol. The zero-order chi connectivity index (χ0) is 23.3. The summed E-state index contributed by atoms with van der Waals surface area (Å²) in [5.41, 5.74) is 0.215. The molecule has 2 N–H and O–H groups in total. The van der Waals surface area contributed by atoms with Gasteiger partial charge in [-0.2, -0.15) is 0 Å². The van der Waals surface area contributed by atoms with E-state index < -0.39 is 11.6 Å². The quantitative estimate of drug-likeness (QED) is 0.572. The van der Waals surface area contributed by atoms with Gasteiger partial charge in [0.15, 0.2) is 0 Å². The third-order valence-electron chi connectivity index (χ3n) is 6.90. The van der Waals surface area contributed by atoms with Crippen molar-refractivity contribution < 1.29 is 19.1 Å². The molecule has 0 radical (unpaired) electrons. The van der Waals surface area contributed by atoms with Crippen molar-refractivity contribution in [3.63, 3.8) is 0 Å². The number of hydrogen-bond acceptors (Lipinski definition) is 5. The number of likely N-dealkylation sites (N-methyl/N-ethyl adjacent to an activating group) is 1. The van der Waals surface area contributed by atoms with Gasteiger partial charge in [0.05, 0.1) is 13.2 Å². The monoisotopic (exact) mass is 444 g/mol. The maximum absolute atomic E-state index is 13.0. The summed E-state index contributed by atoms with van der Waals surface area (Å²) in [6.45, 7) is 8.08. The van der Waals surface area contributed by atoms with Crippen molar-refractivity contribution in [1.82, 2.24) is 20.4 Å². The average molecular weight is 445 g/mol. The van der Waals surface area contributed by atoms with Gasteiger partial charge in [-0.15, -0.1) is 0 Å². The minimum atomic E-state index is -0.825. The highest BCUT2D eigenvalue weighted by Gasteiger charge is 2.52. The summed E-state index contributed by atoms with van der Waals surface area (Å²) in [6, 6.07) is 7.31. The molecule has 8 heteroatoms. The Bertz CT molecular complexity index is 831. The van der Waals surface area contributed by atoms with E-state index in [2.05, 4.69) is 36.3 Å². The summed E-state index contributed by atoms with van der Waals surface area (Å²) in [5.74, 6) is 0.709. The Balaban J connectivity index is 1.65. The van der Waals surface area contributed by atoms with Crippen LogP contribution in [0.2, 0.25) is 0 Å². The molecule has 1 saturated carbocycles. The number of amides is 4. The van der Waals surface area contributed by atoms with E-state index in [9.17, 15) is 14.4 Å². The topological polar surface area (TPSA) is 91.0 Å². The molecule has 2 fully saturated rings. The smallest absolute Gasteiger partial charge is 0.325 e. The number of imide groups is 1. The number of methoxy groups -OCH3 is 1. The van der Waals surface area contributed by atoms with E-state index in [-0.39, 0.29) is 24.4 Å². The van der Waals surface area contributed by atoms with Crippen LogP contribution in [-0.2, 0) is 9.59 Å². The Kier molecular flexibility index (Phi) is 7.77. The van der Waals surface area contributed by atoms with Crippen LogP contribution in [0.25, 0.3) is 0 Å². The number of nitrogens with one attached hydrogen (secondary N) is 2. The summed E-state index contributed by atoms with van der Waals surface area (Å²) in [4.78, 5) is 41.6. The van der Waals surface area contributed by atoms with Gasteiger partial charge in [0.25, 0.3) is 5.91 Å². The summed E-state index contributed by atoms with van der Waals surface area (Å²) >= 11 is 0. The number of ether oxygens (including phenoxy) is 1. The van der Waals surface area contributed by atoms with Crippen LogP contribution in [-0.4, -0.2) is 66.5 Å². The van der Waals surface area contributed by atoms with Crippen molar-refractivity contribution in [2.45, 2.75) is 58.0 Å². The van der Waals surface area contributed by atoms with Crippen molar-refractivity contribution in [3.05, 3.63) is 29.8 Å². The lowest BCUT2D eigenvalue weighted by atomic mass is 9.77. The summed E-state index contributed by atoms with van der Waals surface area (Å²) in [5, 5.41) is 5.81. The zero-order valence-corrected chi connectivity index (χ0v) is 19.6. The normalized spacial score (nSPS) is 24.0. The first-order chi connectivity index (χ1) is 15.3. The van der Waals surface area contributed by atoms with E-state index in [1.807, 2.05) is 24.3 Å². The van der Waals surface area contributed by atoms with Gasteiger partial charge >= 0.3 is 6.03 Å². The molecule has 0 bridgehead atoms. The van der Waals surface area contributed by atoms with E-state index >= 15 is 0 Å². The molecule has 1 saturated heterocycles. The molecule has 1 atom stereocenters. The van der Waals surface area contributed by atoms with Crippen molar-refractivity contribution in [2.75, 3.05) is 33.3 Å². The third kappa shape index (κ3) is 5.06. The number of hydrogen-bond donors (Lipinski definition) is 2. The molecule has 1 aromatic rings. The van der Waals surface area contributed by atoms with Crippen LogP contribution in [0.1, 0.15) is 58.1 Å². The van der Waals surface area contributed by atoms with Gasteiger partial charge in [0, 0.05) is 6.54 Å². The third-order valence-corrected chi connectivity index (χ3v) is 6.90. The van der Waals surface area contributed by atoms with Gasteiger partial charge in [0.2, 0.25) is 5.91 Å². The number of rotatable bonds is 9. The van der Waals surface area contributed by atoms with Crippen LogP contribution in [0, 0.1) is 5.92 Å². The molecule has 32 heavy (non-hydrogen) atoms. The highest BCUT2D eigenvalue weighted by atomic mass is 16.5. The lowest BCUT2D eigenvalue weighted by molar-refractivity contribution is -0.136. The van der Waals surface area contributed by atoms with Gasteiger partial charge in [-0.3, -0.25) is 19.4 Å². The maximum atomic E-state index is 13.0. The first kappa shape index (κ1) is 24.0. The molecule has 1 aromatic carbocycles. The van der Waals surface area contributed by atoms with Crippen molar-refractivity contribution in [1.29, 1.82) is 0 Å². The molecule has 176 valence electrons. The average Bonchev–Trinajstić information content (AvgIpc) is 3.02. The Hall–Kier alpha value is -2.61. The number of urea groups is 1. The lowest BCUT2D eigenvalue weighted by Gasteiger charge is -2.33. The molecular weight excluding hydrogens is 408 g/mol. The lowest BCUT2D eigenvalue weighted by Crippen LogP contribution is -2.50. The Labute approximate surface area is 190 Å². The van der Waals surface area contributed by atoms with Crippen LogP contribution in [0.15, 0.2) is 24.3 Å². The fourth-order valence-electron chi connectivity index (χ4n) is 4.79. The Morgan fingerprint density at radius 3 is 2.59 bits per heavy atom. The minimum Gasteiger partial charge on any atom is -0.497 e. The molecule has 1 spiro atoms. The van der Waals surface area contributed by atoms with Gasteiger partial charge in [-0.05, 0) is 62.4 Å². The highest BCUT2D eigenvalue weighted by molar-refractivity contribution is 6.09. The van der Waals surface area contributed by atoms with Gasteiger partial charge in [-0.1, -0.05) is 32.9 Å². The van der Waals surface area contributed by atoms with E-state index in [1.54, 1.807) is 7.11 Å². The van der Waals surface area contributed by atoms with Crippen LogP contribution in [0.4, 0.5) is 4.79 Å². The molecule has 1 aliphatic heterocycles. The summed E-state index contributed by atoms with van der Waals surface area (Å²) in [6.07, 6.45) is 3.07. The number of nitrogens with zero attached hydrogens (tertiary/aromatic N) is 2. The standard InChI is InChI=1S/C24H36N4O4/c1-5-27(6-2)20(18-8-7-9-19(14-18)32-4)15-25-21(29)16-28-22(30)24(26-23(28)31)12-10-17(3)11-13-24/h7-9,14,17,20H,5-6,10-13,15-16H2,1-4H3,(H,25,29)(H,26,31). The van der Waals surface area contributed by atoms with Gasteiger partial charge < -0.3 is 15.4 Å². The van der Waals surface area contributed by atoms with Crippen molar-refractivity contribution in [2.24, 2.45) is 5.92 Å². The molecule has 1 heterocycles. The minimum absolute atomic E-state index is 0.0432. The van der Waals surface area contributed by atoms with Crippen LogP contribution >= 0.6 is 0 Å². The van der Waals surface area contributed by atoms with E-state index in [0.717, 1.165) is 42.1 Å². The summed E-state index contributed by atoms with van der Waals surface area (Å²) in [7, 11) is 1.63. The van der Waals surface area contributed by atoms with Crippen LogP contribution < -0.4 is 15.4 Å². The van der Waals surface area contributed by atoms with E-state index in [4.69, 9.17) is 4.74 Å². The molecule has 1 unspecified atom stereocenters. The zero-order valence-electron chi connectivity index (χ0n) is 19.6. The van der Waals surface area contributed by atoms with E-state index in [1.165, 1.54) is 0 Å². The van der Waals surface area contributed by atoms with Crippen molar-refractivity contribution >= 4 is 17.8 Å². The maximum Gasteiger partial charge on any atom is 0.325 e. The Morgan fingerprint density at radius 1 is 1.28 bits per heavy atom. The molecule has 0 aromatic heterocycles. The molecule has 1 aliphatic carbocycles. The van der Waals surface area contributed by atoms with Crippen LogP contribution in [0.5, 0.6) is 5.75 Å². The molecule has 3 rings (SSSR count). The second kappa shape index (κ2) is 10.3. The van der Waals surface area contributed by atoms with Crippen molar-refractivity contribution in [3.8, 4) is 5.75 Å². The highest BCUT2D eigenvalue weighted by Crippen LogP contribution is 2.36. The first-order valence-corrected chi connectivity index (χ1v) is 11.6.